The number of halogens is 2. The van der Waals surface area contributed by atoms with E-state index in [-0.39, 0.29) is 5.75 Å². The van der Waals surface area contributed by atoms with Crippen molar-refractivity contribution in [3.63, 3.8) is 0 Å². The average molecular weight is 515 g/mol. The molecule has 0 saturated carbocycles. The maximum atomic E-state index is 12.2. The molecule has 0 spiro atoms. The minimum absolute atomic E-state index is 0.121. The molecule has 2 heterocycles. The predicted octanol–water partition coefficient (Wildman–Crippen LogP) is 5.31. The van der Waals surface area contributed by atoms with Crippen LogP contribution < -0.4 is 14.2 Å². The highest BCUT2D eigenvalue weighted by Crippen LogP contribution is 2.26. The van der Waals surface area contributed by atoms with Crippen LogP contribution in [0.1, 0.15) is 21.8 Å². The molecule has 0 N–H and O–H groups in total. The highest BCUT2D eigenvalue weighted by atomic mass is 32.1. The smallest absolute Gasteiger partial charge is 0.387 e. The lowest BCUT2D eigenvalue weighted by atomic mass is 10.2. The van der Waals surface area contributed by atoms with E-state index in [1.54, 1.807) is 36.3 Å². The number of hydrogen-bond acceptors (Lipinski definition) is 8. The molecule has 0 aliphatic rings. The van der Waals surface area contributed by atoms with Crippen LogP contribution in [0.3, 0.4) is 0 Å². The molecule has 0 aliphatic carbocycles. The van der Waals surface area contributed by atoms with E-state index in [2.05, 4.69) is 20.0 Å². The number of alkyl halides is 2. The summed E-state index contributed by atoms with van der Waals surface area (Å²) in [7, 11) is 1.61. The lowest BCUT2D eigenvalue weighted by molar-refractivity contribution is -0.0498. The fraction of sp³-hybridized carbons (Fsp3) is 0.240. The number of methoxy groups -OCH3 is 1. The molecule has 0 radical (unpaired) electrons. The Labute approximate surface area is 210 Å². The van der Waals surface area contributed by atoms with Crippen molar-refractivity contribution in [1.82, 2.24) is 20.0 Å². The zero-order valence-electron chi connectivity index (χ0n) is 19.4. The van der Waals surface area contributed by atoms with Crippen LogP contribution in [0.4, 0.5) is 8.78 Å². The largest absolute Gasteiger partial charge is 0.496 e. The van der Waals surface area contributed by atoms with Crippen molar-refractivity contribution in [3.05, 3.63) is 82.1 Å². The molecule has 2 aromatic heterocycles. The van der Waals surface area contributed by atoms with Crippen molar-refractivity contribution in [2.24, 2.45) is 0 Å². The Morgan fingerprint density at radius 3 is 2.64 bits per heavy atom. The van der Waals surface area contributed by atoms with Crippen LogP contribution in [0.25, 0.3) is 12.2 Å². The summed E-state index contributed by atoms with van der Waals surface area (Å²) in [5.41, 5.74) is 2.55. The van der Waals surface area contributed by atoms with Gasteiger partial charge in [-0.05, 0) is 35.9 Å². The molecule has 0 saturated heterocycles. The fourth-order valence-electron chi connectivity index (χ4n) is 3.18. The molecule has 36 heavy (non-hydrogen) atoms. The zero-order chi connectivity index (χ0) is 25.2. The minimum Gasteiger partial charge on any atom is -0.496 e. The average Bonchev–Trinajstić information content (AvgIpc) is 3.57. The highest BCUT2D eigenvalue weighted by Gasteiger charge is 2.08. The summed E-state index contributed by atoms with van der Waals surface area (Å²) in [6.07, 6.45) is 7.13. The molecule has 4 aromatic rings. The van der Waals surface area contributed by atoms with Crippen LogP contribution in [0, 0.1) is 0 Å². The van der Waals surface area contributed by atoms with Gasteiger partial charge in [-0.25, -0.2) is 4.98 Å². The first kappa shape index (κ1) is 25.3. The number of benzene rings is 2. The van der Waals surface area contributed by atoms with E-state index in [9.17, 15) is 8.78 Å². The Morgan fingerprint density at radius 1 is 1.06 bits per heavy atom. The highest BCUT2D eigenvalue weighted by molar-refractivity contribution is 7.10. The molecule has 8 nitrogen and oxygen atoms in total. The molecule has 0 amide bonds. The predicted molar refractivity (Wildman–Crippen MR) is 131 cm³/mol. The van der Waals surface area contributed by atoms with E-state index >= 15 is 0 Å². The summed E-state index contributed by atoms with van der Waals surface area (Å²) in [5, 5.41) is 10.4. The summed E-state index contributed by atoms with van der Waals surface area (Å²) in [6, 6.07) is 12.0. The van der Waals surface area contributed by atoms with Crippen molar-refractivity contribution in [2.45, 2.75) is 26.4 Å². The van der Waals surface area contributed by atoms with E-state index in [1.807, 2.05) is 35.7 Å². The molecule has 2 aromatic carbocycles. The molecule has 0 aliphatic heterocycles. The lowest BCUT2D eigenvalue weighted by Gasteiger charge is -2.12. The molecule has 4 rings (SSSR count). The minimum atomic E-state index is -2.84. The molecule has 0 bridgehead atoms. The topological polar surface area (TPSA) is 80.5 Å². The number of aromatic nitrogens is 4. The van der Waals surface area contributed by atoms with Crippen LogP contribution in [0.15, 0.2) is 60.2 Å². The van der Waals surface area contributed by atoms with Crippen molar-refractivity contribution in [2.75, 3.05) is 13.7 Å². The van der Waals surface area contributed by atoms with Gasteiger partial charge in [0.1, 0.15) is 28.9 Å². The first-order chi connectivity index (χ1) is 17.6. The second kappa shape index (κ2) is 12.8. The first-order valence-electron chi connectivity index (χ1n) is 11.0. The molecule has 0 unspecified atom stereocenters. The van der Waals surface area contributed by atoms with E-state index in [1.165, 1.54) is 23.5 Å². The van der Waals surface area contributed by atoms with Crippen LogP contribution in [0.2, 0.25) is 0 Å². The molecule has 11 heteroatoms. The van der Waals surface area contributed by atoms with Crippen LogP contribution in [0.5, 0.6) is 17.2 Å². The molecular formula is C25H24F2N4O4S. The Morgan fingerprint density at radius 2 is 1.89 bits per heavy atom. The standard InChI is InChI=1S/C25H24F2N4O4S/c1-32-23-14-22(8-5-19(23)15-33-13-12-31-11-10-28-30-31)34-16-20-17-36-24(29-20)9-4-18-2-6-21(7-3-18)35-25(26)27/h2-11,14,17,25H,12-13,15-16H2,1H3/b9-4+. The summed E-state index contributed by atoms with van der Waals surface area (Å²) in [5.74, 6) is 1.46. The van der Waals surface area contributed by atoms with Gasteiger partial charge >= 0.3 is 6.61 Å². The van der Waals surface area contributed by atoms with Gasteiger partial charge in [0.2, 0.25) is 0 Å². The zero-order valence-corrected chi connectivity index (χ0v) is 20.2. The summed E-state index contributed by atoms with van der Waals surface area (Å²) < 4.78 is 47.7. The van der Waals surface area contributed by atoms with Crippen LogP contribution >= 0.6 is 11.3 Å². The fourth-order valence-corrected chi connectivity index (χ4v) is 3.87. The van der Waals surface area contributed by atoms with Crippen molar-refractivity contribution >= 4 is 23.5 Å². The van der Waals surface area contributed by atoms with Gasteiger partial charge in [0.15, 0.2) is 0 Å². The number of ether oxygens (including phenoxy) is 4. The third-order valence-electron chi connectivity index (χ3n) is 4.93. The van der Waals surface area contributed by atoms with Crippen LogP contribution in [-0.4, -0.2) is 40.3 Å². The van der Waals surface area contributed by atoms with E-state index in [4.69, 9.17) is 14.2 Å². The maximum absolute atomic E-state index is 12.2. The number of nitrogens with zero attached hydrogens (tertiary/aromatic N) is 4. The van der Waals surface area contributed by atoms with Gasteiger partial charge in [-0.3, -0.25) is 4.68 Å². The molecular weight excluding hydrogens is 490 g/mol. The quantitative estimate of drug-likeness (QED) is 0.224. The maximum Gasteiger partial charge on any atom is 0.387 e. The Kier molecular flexibility index (Phi) is 8.95. The normalized spacial score (nSPS) is 11.3. The summed E-state index contributed by atoms with van der Waals surface area (Å²) >= 11 is 1.48. The second-order valence-corrected chi connectivity index (χ2v) is 8.33. The molecule has 0 atom stereocenters. The van der Waals surface area contributed by atoms with Gasteiger partial charge in [0.25, 0.3) is 0 Å². The Hall–Kier alpha value is -3.83. The number of rotatable bonds is 13. The van der Waals surface area contributed by atoms with Gasteiger partial charge in [-0.1, -0.05) is 23.4 Å². The van der Waals surface area contributed by atoms with Gasteiger partial charge in [0, 0.05) is 23.2 Å². The van der Waals surface area contributed by atoms with Crippen LogP contribution in [-0.2, 0) is 24.5 Å². The monoisotopic (exact) mass is 514 g/mol. The number of hydrogen-bond donors (Lipinski definition) is 0. The van der Waals surface area contributed by atoms with E-state index in [0.29, 0.717) is 37.9 Å². The van der Waals surface area contributed by atoms with Crippen molar-refractivity contribution in [3.8, 4) is 17.2 Å². The van der Waals surface area contributed by atoms with Gasteiger partial charge in [0.05, 0.1) is 38.8 Å². The third kappa shape index (κ3) is 7.59. The van der Waals surface area contributed by atoms with E-state index in [0.717, 1.165) is 21.8 Å². The van der Waals surface area contributed by atoms with Crippen molar-refractivity contribution in [1.29, 1.82) is 0 Å². The molecule has 188 valence electrons. The SMILES string of the molecule is COc1cc(OCc2csc(/C=C/c3ccc(OC(F)F)cc3)n2)ccc1COCCn1ccnn1. The molecule has 0 fully saturated rings. The lowest BCUT2D eigenvalue weighted by Crippen LogP contribution is -2.07. The Balaban J connectivity index is 1.26. The van der Waals surface area contributed by atoms with Gasteiger partial charge in [-0.2, -0.15) is 8.78 Å². The first-order valence-corrected chi connectivity index (χ1v) is 11.9. The van der Waals surface area contributed by atoms with E-state index < -0.39 is 6.61 Å². The second-order valence-electron chi connectivity index (χ2n) is 7.44. The Bertz CT molecular complexity index is 1250. The summed E-state index contributed by atoms with van der Waals surface area (Å²) in [6.45, 7) is -0.999. The van der Waals surface area contributed by atoms with Gasteiger partial charge in [-0.15, -0.1) is 16.4 Å². The van der Waals surface area contributed by atoms with Gasteiger partial charge < -0.3 is 18.9 Å². The summed E-state index contributed by atoms with van der Waals surface area (Å²) in [4.78, 5) is 4.55. The van der Waals surface area contributed by atoms with Crippen molar-refractivity contribution < 1.29 is 27.7 Å². The third-order valence-corrected chi connectivity index (χ3v) is 5.79. The number of thiazole rings is 1.